The molecule has 1 aromatic heterocycles. The van der Waals surface area contributed by atoms with Crippen molar-refractivity contribution in [2.75, 3.05) is 6.61 Å². The van der Waals surface area contributed by atoms with Gasteiger partial charge in [-0.05, 0) is 111 Å². The van der Waals surface area contributed by atoms with Crippen molar-refractivity contribution >= 4 is 23.5 Å². The van der Waals surface area contributed by atoms with E-state index in [-0.39, 0.29) is 30.2 Å². The molecule has 0 unspecified atom stereocenters. The number of allylic oxidation sites excluding steroid dienone is 2. The van der Waals surface area contributed by atoms with Gasteiger partial charge in [-0.25, -0.2) is 0 Å². The van der Waals surface area contributed by atoms with Gasteiger partial charge in [0.25, 0.3) is 0 Å². The summed E-state index contributed by atoms with van der Waals surface area (Å²) in [5.74, 6) is -1.63. The Morgan fingerprint density at radius 3 is 2.41 bits per heavy atom. The average Bonchev–Trinajstić information content (AvgIpc) is 3.22. The number of aliphatic hydroxyl groups is 2. The topological polar surface area (TPSA) is 111 Å². The van der Waals surface area contributed by atoms with Crippen LogP contribution in [0.4, 0.5) is 0 Å². The number of benzene rings is 1. The molecule has 0 bridgehead atoms. The van der Waals surface area contributed by atoms with E-state index in [9.17, 15) is 24.9 Å². The van der Waals surface area contributed by atoms with Crippen LogP contribution in [0.3, 0.4) is 0 Å². The quantitative estimate of drug-likeness (QED) is 0.298. The number of carbonyl (C=O) groups excluding carboxylic acids is 2. The second-order valence-corrected chi connectivity index (χ2v) is 12.1. The van der Waals surface area contributed by atoms with E-state index in [1.165, 1.54) is 4.90 Å². The second-order valence-electron chi connectivity index (χ2n) is 12.1. The predicted molar refractivity (Wildman–Crippen MR) is 159 cm³/mol. The van der Waals surface area contributed by atoms with Gasteiger partial charge < -0.3 is 15.3 Å². The van der Waals surface area contributed by atoms with Gasteiger partial charge in [0, 0.05) is 18.2 Å². The number of phenolic OH excluding ortho intramolecular Hbond substituents is 1. The maximum Gasteiger partial charge on any atom is 0.234 e. The van der Waals surface area contributed by atoms with Crippen molar-refractivity contribution in [3.63, 3.8) is 0 Å². The van der Waals surface area contributed by atoms with Gasteiger partial charge in [-0.1, -0.05) is 30.9 Å². The largest absolute Gasteiger partial charge is 0.507 e. The second kappa shape index (κ2) is 12.3. The van der Waals surface area contributed by atoms with E-state index in [1.54, 1.807) is 6.20 Å². The number of amides is 2. The molecule has 7 heteroatoms. The monoisotopic (exact) mass is 558 g/mol. The third kappa shape index (κ3) is 5.75. The summed E-state index contributed by atoms with van der Waals surface area (Å²) in [7, 11) is 0. The zero-order valence-corrected chi connectivity index (χ0v) is 24.3. The highest BCUT2D eigenvalue weighted by Gasteiger charge is 2.55. The summed E-state index contributed by atoms with van der Waals surface area (Å²) >= 11 is 0. The molecule has 1 aliphatic heterocycles. The maximum absolute atomic E-state index is 13.7. The number of aryl methyl sites for hydroxylation is 2. The Labute approximate surface area is 242 Å². The first-order valence-electron chi connectivity index (χ1n) is 15.0. The molecule has 218 valence electrons. The number of fused-ring (bicyclic) bond motifs is 1. The SMILES string of the molecule is CC1=C([C@H](O)CC/C(=C/c2cc(C)c(O)c(C)c2)c2ccccn2)[C@H](CO)[C@@H]2C(=O)N(C3CCCCC3)C(=O)[C@@H]2C1. The summed E-state index contributed by atoms with van der Waals surface area (Å²) in [5.41, 5.74) is 5.87. The van der Waals surface area contributed by atoms with Crippen molar-refractivity contribution in [3.05, 3.63) is 70.1 Å². The van der Waals surface area contributed by atoms with Crippen LogP contribution >= 0.6 is 0 Å². The summed E-state index contributed by atoms with van der Waals surface area (Å²) in [4.78, 5) is 33.2. The van der Waals surface area contributed by atoms with Crippen molar-refractivity contribution in [2.24, 2.45) is 17.8 Å². The minimum atomic E-state index is -0.866. The smallest absolute Gasteiger partial charge is 0.234 e. The molecule has 1 aromatic carbocycles. The molecule has 1 saturated heterocycles. The molecule has 1 saturated carbocycles. The molecule has 5 rings (SSSR count). The van der Waals surface area contributed by atoms with Gasteiger partial charge in [-0.2, -0.15) is 0 Å². The summed E-state index contributed by atoms with van der Waals surface area (Å²) in [6.07, 6.45) is 9.14. The maximum atomic E-state index is 13.7. The molecule has 3 N–H and O–H groups in total. The van der Waals surface area contributed by atoms with Crippen molar-refractivity contribution in [1.82, 2.24) is 9.88 Å². The highest BCUT2D eigenvalue weighted by atomic mass is 16.3. The Morgan fingerprint density at radius 2 is 1.78 bits per heavy atom. The fourth-order valence-electron chi connectivity index (χ4n) is 7.39. The van der Waals surface area contributed by atoms with Gasteiger partial charge >= 0.3 is 0 Å². The number of carbonyl (C=O) groups is 2. The Kier molecular flexibility index (Phi) is 8.76. The number of aliphatic hydroxyl groups excluding tert-OH is 2. The van der Waals surface area contributed by atoms with Gasteiger partial charge in [0.1, 0.15) is 5.75 Å². The van der Waals surface area contributed by atoms with E-state index in [1.807, 2.05) is 57.2 Å². The Hall–Kier alpha value is -3.29. The third-order valence-electron chi connectivity index (χ3n) is 9.39. The number of hydrogen-bond acceptors (Lipinski definition) is 6. The van der Waals surface area contributed by atoms with E-state index in [0.717, 1.165) is 65.6 Å². The van der Waals surface area contributed by atoms with Crippen molar-refractivity contribution in [1.29, 1.82) is 0 Å². The third-order valence-corrected chi connectivity index (χ3v) is 9.39. The van der Waals surface area contributed by atoms with E-state index >= 15 is 0 Å². The molecule has 2 aromatic rings. The predicted octanol–water partition coefficient (Wildman–Crippen LogP) is 5.35. The molecule has 3 aliphatic rings. The molecular formula is C34H42N2O5. The van der Waals surface area contributed by atoms with Gasteiger partial charge in [0.2, 0.25) is 11.8 Å². The van der Waals surface area contributed by atoms with Crippen LogP contribution in [0, 0.1) is 31.6 Å². The number of phenols is 1. The fourth-order valence-corrected chi connectivity index (χ4v) is 7.39. The van der Waals surface area contributed by atoms with E-state index < -0.39 is 23.9 Å². The Morgan fingerprint density at radius 1 is 1.07 bits per heavy atom. The van der Waals surface area contributed by atoms with E-state index in [4.69, 9.17) is 0 Å². The molecule has 4 atom stereocenters. The number of hydrogen-bond donors (Lipinski definition) is 3. The first kappa shape index (κ1) is 29.2. The zero-order valence-electron chi connectivity index (χ0n) is 24.3. The minimum absolute atomic E-state index is 0.0411. The fraction of sp³-hybridized carbons (Fsp3) is 0.500. The lowest BCUT2D eigenvalue weighted by atomic mass is 9.68. The Bertz CT molecular complexity index is 1340. The van der Waals surface area contributed by atoms with Crippen LogP contribution in [0.25, 0.3) is 11.6 Å². The first-order chi connectivity index (χ1) is 19.7. The molecule has 7 nitrogen and oxygen atoms in total. The van der Waals surface area contributed by atoms with Gasteiger partial charge in [-0.3, -0.25) is 19.5 Å². The summed E-state index contributed by atoms with van der Waals surface area (Å²) in [6, 6.07) is 9.54. The number of likely N-dealkylation sites (tertiary alicyclic amines) is 1. The molecule has 0 spiro atoms. The van der Waals surface area contributed by atoms with Gasteiger partial charge in [0.05, 0.1) is 30.2 Å². The van der Waals surface area contributed by atoms with Crippen LogP contribution < -0.4 is 0 Å². The van der Waals surface area contributed by atoms with Crippen molar-refractivity contribution in [3.8, 4) is 5.75 Å². The minimum Gasteiger partial charge on any atom is -0.507 e. The molecule has 2 heterocycles. The zero-order chi connectivity index (χ0) is 29.3. The first-order valence-corrected chi connectivity index (χ1v) is 15.0. The van der Waals surface area contributed by atoms with E-state index in [0.29, 0.717) is 24.8 Å². The number of rotatable bonds is 8. The number of nitrogens with zero attached hydrogens (tertiary/aromatic N) is 2. The lowest BCUT2D eigenvalue weighted by molar-refractivity contribution is -0.143. The highest BCUT2D eigenvalue weighted by molar-refractivity contribution is 6.06. The number of aromatic nitrogens is 1. The van der Waals surface area contributed by atoms with Gasteiger partial charge in [-0.15, -0.1) is 0 Å². The lowest BCUT2D eigenvalue weighted by Crippen LogP contribution is -2.42. The molecule has 2 aliphatic carbocycles. The van der Waals surface area contributed by atoms with Crippen LogP contribution in [0.5, 0.6) is 5.75 Å². The molecular weight excluding hydrogens is 516 g/mol. The molecule has 2 amide bonds. The normalized spacial score (nSPS) is 24.7. The van der Waals surface area contributed by atoms with Crippen LogP contribution in [0.2, 0.25) is 0 Å². The van der Waals surface area contributed by atoms with Crippen LogP contribution in [-0.4, -0.2) is 55.8 Å². The van der Waals surface area contributed by atoms with Gasteiger partial charge in [0.15, 0.2) is 0 Å². The van der Waals surface area contributed by atoms with Crippen LogP contribution in [0.15, 0.2) is 47.7 Å². The van der Waals surface area contributed by atoms with Crippen LogP contribution in [-0.2, 0) is 9.59 Å². The summed E-state index contributed by atoms with van der Waals surface area (Å²) in [6.45, 7) is 5.39. The Balaban J connectivity index is 1.39. The van der Waals surface area contributed by atoms with Crippen LogP contribution in [0.1, 0.15) is 80.7 Å². The summed E-state index contributed by atoms with van der Waals surface area (Å²) < 4.78 is 0. The highest BCUT2D eigenvalue weighted by Crippen LogP contribution is 2.47. The average molecular weight is 559 g/mol. The van der Waals surface area contributed by atoms with Crippen molar-refractivity contribution in [2.45, 2.75) is 84.3 Å². The number of pyridine rings is 1. The molecule has 2 fully saturated rings. The number of imide groups is 1. The number of aromatic hydroxyl groups is 1. The lowest BCUT2D eigenvalue weighted by Gasteiger charge is -2.35. The summed E-state index contributed by atoms with van der Waals surface area (Å²) in [5, 5.41) is 32.3. The standard InChI is InChI=1S/C34H42N2O5/c1-20-17-26-31(34(41)36(33(26)40)25-9-5-4-6-10-25)27(19-37)30(20)29(38)13-12-24(28-11-7-8-14-35-28)18-23-15-21(2)32(39)22(3)16-23/h7-8,11,14-16,18,25-27,29,31,37-39H,4-6,9-10,12-13,17,19H2,1-3H3/b24-18-/t26-,27+,29-,31-/m1/s1. The van der Waals surface area contributed by atoms with E-state index in [2.05, 4.69) is 4.98 Å². The molecule has 0 radical (unpaired) electrons. The molecule has 41 heavy (non-hydrogen) atoms. The van der Waals surface area contributed by atoms with Crippen molar-refractivity contribution < 1.29 is 24.9 Å².